The Labute approximate surface area is 134 Å². The largest absolute Gasteiger partial charge is 0.383 e. The number of nitrogen functional groups attached to an aromatic ring is 1. The fourth-order valence-corrected chi connectivity index (χ4v) is 3.09. The Balaban J connectivity index is 1.98. The first-order valence-electron chi connectivity index (χ1n) is 7.79. The Morgan fingerprint density at radius 3 is 2.96 bits per heavy atom. The van der Waals surface area contributed by atoms with E-state index >= 15 is 0 Å². The third kappa shape index (κ3) is 3.10. The third-order valence-corrected chi connectivity index (χ3v) is 4.15. The van der Waals surface area contributed by atoms with E-state index in [0.29, 0.717) is 17.3 Å². The lowest BCUT2D eigenvalue weighted by Gasteiger charge is -2.35. The van der Waals surface area contributed by atoms with Gasteiger partial charge in [0.1, 0.15) is 18.2 Å². The van der Waals surface area contributed by atoms with Gasteiger partial charge in [-0.25, -0.2) is 15.0 Å². The molecule has 1 fully saturated rings. The number of hydrogen-bond acceptors (Lipinski definition) is 6. The van der Waals surface area contributed by atoms with Crippen LogP contribution in [0.4, 0.5) is 5.82 Å². The van der Waals surface area contributed by atoms with Crippen LogP contribution in [0.15, 0.2) is 12.1 Å². The Kier molecular flexibility index (Phi) is 4.38. The molecule has 3 rings (SSSR count). The topological polar surface area (TPSA) is 94.2 Å². The maximum Gasteiger partial charge on any atom is 0.249 e. The molecule has 0 bridgehead atoms. The van der Waals surface area contributed by atoms with Crippen molar-refractivity contribution in [1.82, 2.24) is 19.9 Å². The summed E-state index contributed by atoms with van der Waals surface area (Å²) in [4.78, 5) is 27.3. The molecule has 0 aliphatic carbocycles. The molecule has 0 spiro atoms. The molecule has 0 radical (unpaired) electrons. The molecule has 1 aliphatic rings. The van der Waals surface area contributed by atoms with Gasteiger partial charge in [0.05, 0.1) is 17.1 Å². The molecule has 1 aliphatic heterocycles. The van der Waals surface area contributed by atoms with Crippen molar-refractivity contribution in [1.29, 1.82) is 0 Å². The molecular formula is C16H21N5O2. The highest BCUT2D eigenvalue weighted by atomic mass is 16.5. The third-order valence-electron chi connectivity index (χ3n) is 4.15. The van der Waals surface area contributed by atoms with E-state index in [2.05, 4.69) is 15.0 Å². The van der Waals surface area contributed by atoms with Crippen LogP contribution in [-0.4, -0.2) is 46.0 Å². The van der Waals surface area contributed by atoms with Crippen molar-refractivity contribution in [2.75, 3.05) is 26.0 Å². The maximum absolute atomic E-state index is 12.3. The van der Waals surface area contributed by atoms with E-state index in [4.69, 9.17) is 10.5 Å². The Morgan fingerprint density at radius 2 is 2.17 bits per heavy atom. The van der Waals surface area contributed by atoms with Gasteiger partial charge in [-0.05, 0) is 38.3 Å². The molecule has 1 amide bonds. The number of aryl methyl sites for hydroxylation is 1. The molecular weight excluding hydrogens is 294 g/mol. The molecule has 1 atom stereocenters. The number of methoxy groups -OCH3 is 1. The van der Waals surface area contributed by atoms with Crippen LogP contribution >= 0.6 is 0 Å². The molecule has 1 unspecified atom stereocenters. The van der Waals surface area contributed by atoms with Gasteiger partial charge in [0.25, 0.3) is 0 Å². The van der Waals surface area contributed by atoms with Gasteiger partial charge in [-0.3, -0.25) is 4.79 Å². The number of piperidine rings is 1. The van der Waals surface area contributed by atoms with Crippen LogP contribution in [0.1, 0.15) is 36.8 Å². The summed E-state index contributed by atoms with van der Waals surface area (Å²) in [5.74, 6) is 1.02. The lowest BCUT2D eigenvalue weighted by molar-refractivity contribution is -0.139. The number of rotatable bonds is 3. The molecule has 7 nitrogen and oxygen atoms in total. The average molecular weight is 315 g/mol. The number of fused-ring (bicyclic) bond motifs is 1. The molecule has 122 valence electrons. The van der Waals surface area contributed by atoms with Crippen LogP contribution in [0.5, 0.6) is 0 Å². The van der Waals surface area contributed by atoms with Gasteiger partial charge in [0, 0.05) is 13.7 Å². The zero-order valence-electron chi connectivity index (χ0n) is 13.5. The Hall–Kier alpha value is -2.28. The number of pyridine rings is 1. The SMILES string of the molecule is COCC(=O)N1CCCCC1c1ccc2c(N)nc(C)nc2n1. The van der Waals surface area contributed by atoms with Gasteiger partial charge in [-0.1, -0.05) is 0 Å². The zero-order valence-corrected chi connectivity index (χ0v) is 13.5. The average Bonchev–Trinajstić information content (AvgIpc) is 2.54. The molecule has 1 saturated heterocycles. The van der Waals surface area contributed by atoms with Crippen LogP contribution in [0.25, 0.3) is 11.0 Å². The number of likely N-dealkylation sites (tertiary alicyclic amines) is 1. The summed E-state index contributed by atoms with van der Waals surface area (Å²) >= 11 is 0. The Morgan fingerprint density at radius 1 is 1.35 bits per heavy atom. The normalized spacial score (nSPS) is 18.3. The van der Waals surface area contributed by atoms with E-state index in [1.807, 2.05) is 17.0 Å². The summed E-state index contributed by atoms with van der Waals surface area (Å²) in [5.41, 5.74) is 7.36. The quantitative estimate of drug-likeness (QED) is 0.925. The van der Waals surface area contributed by atoms with Gasteiger partial charge in [0.15, 0.2) is 5.65 Å². The summed E-state index contributed by atoms with van der Waals surface area (Å²) in [6.07, 6.45) is 2.98. The fraction of sp³-hybridized carbons (Fsp3) is 0.500. The number of hydrogen-bond donors (Lipinski definition) is 1. The first-order chi connectivity index (χ1) is 11.1. The van der Waals surface area contributed by atoms with E-state index in [9.17, 15) is 4.79 Å². The number of carbonyl (C=O) groups excluding carboxylic acids is 1. The molecule has 2 N–H and O–H groups in total. The predicted molar refractivity (Wildman–Crippen MR) is 86.7 cm³/mol. The van der Waals surface area contributed by atoms with Crippen molar-refractivity contribution in [3.63, 3.8) is 0 Å². The van der Waals surface area contributed by atoms with Crippen molar-refractivity contribution < 1.29 is 9.53 Å². The van der Waals surface area contributed by atoms with Gasteiger partial charge < -0.3 is 15.4 Å². The second-order valence-electron chi connectivity index (χ2n) is 5.80. The maximum atomic E-state index is 12.3. The fourth-order valence-electron chi connectivity index (χ4n) is 3.09. The van der Waals surface area contributed by atoms with Gasteiger partial charge >= 0.3 is 0 Å². The molecule has 2 aromatic heterocycles. The summed E-state index contributed by atoms with van der Waals surface area (Å²) < 4.78 is 4.99. The van der Waals surface area contributed by atoms with Crippen molar-refractivity contribution in [2.45, 2.75) is 32.2 Å². The minimum Gasteiger partial charge on any atom is -0.383 e. The van der Waals surface area contributed by atoms with Crippen LogP contribution < -0.4 is 5.73 Å². The second-order valence-corrected chi connectivity index (χ2v) is 5.80. The van der Waals surface area contributed by atoms with Crippen LogP contribution in [0.3, 0.4) is 0 Å². The summed E-state index contributed by atoms with van der Waals surface area (Å²) in [6.45, 7) is 2.62. The first kappa shape index (κ1) is 15.6. The summed E-state index contributed by atoms with van der Waals surface area (Å²) in [5, 5.41) is 0.741. The molecule has 0 aromatic carbocycles. The van der Waals surface area contributed by atoms with E-state index in [0.717, 1.165) is 36.9 Å². The minimum atomic E-state index is -0.0349. The first-order valence-corrected chi connectivity index (χ1v) is 7.79. The lowest BCUT2D eigenvalue weighted by atomic mass is 9.98. The second kappa shape index (κ2) is 6.45. The van der Waals surface area contributed by atoms with Gasteiger partial charge in [-0.2, -0.15) is 0 Å². The lowest BCUT2D eigenvalue weighted by Crippen LogP contribution is -2.40. The summed E-state index contributed by atoms with van der Waals surface area (Å²) in [6, 6.07) is 3.77. The smallest absolute Gasteiger partial charge is 0.249 e. The highest BCUT2D eigenvalue weighted by Gasteiger charge is 2.29. The number of anilines is 1. The zero-order chi connectivity index (χ0) is 16.4. The molecule has 3 heterocycles. The highest BCUT2D eigenvalue weighted by Crippen LogP contribution is 2.31. The van der Waals surface area contributed by atoms with Crippen molar-refractivity contribution in [3.8, 4) is 0 Å². The predicted octanol–water partition coefficient (Wildman–Crippen LogP) is 1.62. The van der Waals surface area contributed by atoms with Crippen LogP contribution in [-0.2, 0) is 9.53 Å². The van der Waals surface area contributed by atoms with E-state index in [-0.39, 0.29) is 18.6 Å². The minimum absolute atomic E-state index is 0.00233. The molecule has 7 heteroatoms. The highest BCUT2D eigenvalue weighted by molar-refractivity contribution is 5.85. The molecule has 23 heavy (non-hydrogen) atoms. The number of ether oxygens (including phenoxy) is 1. The monoisotopic (exact) mass is 315 g/mol. The Bertz CT molecular complexity index is 734. The number of carbonyl (C=O) groups is 1. The van der Waals surface area contributed by atoms with Gasteiger partial charge in [-0.15, -0.1) is 0 Å². The van der Waals surface area contributed by atoms with Gasteiger partial charge in [0.2, 0.25) is 5.91 Å². The van der Waals surface area contributed by atoms with Crippen LogP contribution in [0.2, 0.25) is 0 Å². The van der Waals surface area contributed by atoms with Crippen LogP contribution in [0, 0.1) is 6.92 Å². The van der Waals surface area contributed by atoms with E-state index < -0.39 is 0 Å². The number of nitrogens with zero attached hydrogens (tertiary/aromatic N) is 4. The molecule has 2 aromatic rings. The van der Waals surface area contributed by atoms with Crippen molar-refractivity contribution in [3.05, 3.63) is 23.7 Å². The van der Waals surface area contributed by atoms with E-state index in [1.54, 1.807) is 6.92 Å². The van der Waals surface area contributed by atoms with Crippen molar-refractivity contribution >= 4 is 22.8 Å². The number of nitrogens with two attached hydrogens (primary N) is 1. The summed E-state index contributed by atoms with van der Waals surface area (Å²) in [7, 11) is 1.54. The number of amides is 1. The standard InChI is InChI=1S/C16H21N5O2/c1-10-18-15(17)11-6-7-12(20-16(11)19-10)13-5-3-4-8-21(13)14(22)9-23-2/h6-7,13H,3-5,8-9H2,1-2H3,(H2,17,18,19,20). The molecule has 0 saturated carbocycles. The van der Waals surface area contributed by atoms with Crippen molar-refractivity contribution in [2.24, 2.45) is 0 Å². The van der Waals surface area contributed by atoms with E-state index in [1.165, 1.54) is 7.11 Å². The number of aromatic nitrogens is 3.